The van der Waals surface area contributed by atoms with Crippen LogP contribution in [0.3, 0.4) is 0 Å². The number of aromatic nitrogens is 2. The van der Waals surface area contributed by atoms with Gasteiger partial charge in [0.25, 0.3) is 0 Å². The molecule has 4 rings (SSSR count). The summed E-state index contributed by atoms with van der Waals surface area (Å²) in [6.45, 7) is 0. The maximum absolute atomic E-state index is 6.45. The van der Waals surface area contributed by atoms with E-state index in [1.165, 1.54) is 5.56 Å². The first kappa shape index (κ1) is 13.8. The SMILES string of the molecule is Clc1nc(Cc2ccccc2)cc2[nH]c3cc(Br)ccc3c12. The Labute approximate surface area is 141 Å². The lowest BCUT2D eigenvalue weighted by molar-refractivity contribution is 1.08. The summed E-state index contributed by atoms with van der Waals surface area (Å²) in [7, 11) is 0. The summed E-state index contributed by atoms with van der Waals surface area (Å²) in [5.74, 6) is 0. The summed E-state index contributed by atoms with van der Waals surface area (Å²) in [6.07, 6.45) is 0.773. The number of nitrogens with one attached hydrogen (secondary N) is 1. The van der Waals surface area contributed by atoms with Gasteiger partial charge in [-0.1, -0.05) is 63.9 Å². The predicted molar refractivity (Wildman–Crippen MR) is 95.6 cm³/mol. The lowest BCUT2D eigenvalue weighted by atomic mass is 10.1. The first-order valence-electron chi connectivity index (χ1n) is 7.01. The largest absolute Gasteiger partial charge is 0.354 e. The van der Waals surface area contributed by atoms with Crippen molar-refractivity contribution in [1.82, 2.24) is 9.97 Å². The third kappa shape index (κ3) is 2.40. The quantitative estimate of drug-likeness (QED) is 0.448. The van der Waals surface area contributed by atoms with E-state index < -0.39 is 0 Å². The maximum Gasteiger partial charge on any atom is 0.139 e. The van der Waals surface area contributed by atoms with Crippen molar-refractivity contribution in [2.75, 3.05) is 0 Å². The average molecular weight is 372 g/mol. The Morgan fingerprint density at radius 3 is 2.64 bits per heavy atom. The highest BCUT2D eigenvalue weighted by atomic mass is 79.9. The molecule has 0 radical (unpaired) electrons. The minimum atomic E-state index is 0.553. The second-order valence-corrected chi connectivity index (χ2v) is 6.58. The molecule has 1 N–H and O–H groups in total. The van der Waals surface area contributed by atoms with Gasteiger partial charge in [0.1, 0.15) is 5.15 Å². The number of aromatic amines is 1. The number of hydrogen-bond donors (Lipinski definition) is 1. The van der Waals surface area contributed by atoms with E-state index in [2.05, 4.69) is 56.2 Å². The van der Waals surface area contributed by atoms with Crippen molar-refractivity contribution in [2.24, 2.45) is 0 Å². The highest BCUT2D eigenvalue weighted by Gasteiger charge is 2.11. The Morgan fingerprint density at radius 2 is 1.82 bits per heavy atom. The van der Waals surface area contributed by atoms with Gasteiger partial charge in [-0.15, -0.1) is 0 Å². The van der Waals surface area contributed by atoms with E-state index in [0.717, 1.165) is 38.4 Å². The van der Waals surface area contributed by atoms with Crippen LogP contribution >= 0.6 is 27.5 Å². The molecule has 2 nitrogen and oxygen atoms in total. The molecule has 108 valence electrons. The molecule has 0 bridgehead atoms. The standard InChI is InChI=1S/C18H12BrClN2/c19-12-6-7-14-15(9-12)22-16-10-13(21-18(20)17(14)16)8-11-4-2-1-3-5-11/h1-7,9-10,22H,8H2. The van der Waals surface area contributed by atoms with Crippen molar-refractivity contribution in [3.8, 4) is 0 Å². The van der Waals surface area contributed by atoms with Crippen molar-refractivity contribution in [3.63, 3.8) is 0 Å². The van der Waals surface area contributed by atoms with Crippen molar-refractivity contribution in [3.05, 3.63) is 75.5 Å². The molecule has 0 saturated carbocycles. The summed E-state index contributed by atoms with van der Waals surface area (Å²) >= 11 is 9.94. The summed E-state index contributed by atoms with van der Waals surface area (Å²) in [6, 6.07) is 18.5. The minimum absolute atomic E-state index is 0.553. The van der Waals surface area contributed by atoms with Gasteiger partial charge in [-0.05, 0) is 23.8 Å². The number of benzene rings is 2. The van der Waals surface area contributed by atoms with Crippen molar-refractivity contribution in [1.29, 1.82) is 0 Å². The molecule has 0 saturated heterocycles. The molecular weight excluding hydrogens is 360 g/mol. The highest BCUT2D eigenvalue weighted by molar-refractivity contribution is 9.10. The predicted octanol–water partition coefficient (Wildman–Crippen LogP) is 5.72. The minimum Gasteiger partial charge on any atom is -0.354 e. The topological polar surface area (TPSA) is 28.7 Å². The Morgan fingerprint density at radius 1 is 1.00 bits per heavy atom. The number of fused-ring (bicyclic) bond motifs is 3. The Bertz CT molecular complexity index is 977. The van der Waals surface area contributed by atoms with E-state index in [1.54, 1.807) is 0 Å². The van der Waals surface area contributed by atoms with Gasteiger partial charge in [0.05, 0.1) is 5.52 Å². The fourth-order valence-corrected chi connectivity index (χ4v) is 3.47. The van der Waals surface area contributed by atoms with E-state index in [0.29, 0.717) is 5.15 Å². The van der Waals surface area contributed by atoms with Gasteiger partial charge in [-0.3, -0.25) is 0 Å². The van der Waals surface area contributed by atoms with Gasteiger partial charge < -0.3 is 4.98 Å². The molecular formula is C18H12BrClN2. The number of halogens is 2. The van der Waals surface area contributed by atoms with Crippen LogP contribution < -0.4 is 0 Å². The highest BCUT2D eigenvalue weighted by Crippen LogP contribution is 2.32. The van der Waals surface area contributed by atoms with E-state index >= 15 is 0 Å². The summed E-state index contributed by atoms with van der Waals surface area (Å²) < 4.78 is 1.04. The second-order valence-electron chi connectivity index (χ2n) is 5.30. The molecule has 4 aromatic rings. The molecule has 0 spiro atoms. The van der Waals surface area contributed by atoms with Crippen LogP contribution in [0.25, 0.3) is 21.8 Å². The van der Waals surface area contributed by atoms with Crippen LogP contribution in [-0.2, 0) is 6.42 Å². The molecule has 0 atom stereocenters. The van der Waals surface area contributed by atoms with Crippen LogP contribution in [0.15, 0.2) is 59.1 Å². The molecule has 0 aliphatic heterocycles. The zero-order chi connectivity index (χ0) is 15.1. The number of H-pyrrole nitrogens is 1. The van der Waals surface area contributed by atoms with E-state index in [4.69, 9.17) is 11.6 Å². The normalized spacial score (nSPS) is 11.4. The Balaban J connectivity index is 1.87. The summed E-state index contributed by atoms with van der Waals surface area (Å²) in [4.78, 5) is 8.01. The smallest absolute Gasteiger partial charge is 0.139 e. The van der Waals surface area contributed by atoms with Crippen LogP contribution in [0.1, 0.15) is 11.3 Å². The number of rotatable bonds is 2. The second kappa shape index (κ2) is 5.41. The Kier molecular flexibility index (Phi) is 3.40. The molecule has 22 heavy (non-hydrogen) atoms. The molecule has 0 fully saturated rings. The number of nitrogens with zero attached hydrogens (tertiary/aromatic N) is 1. The first-order chi connectivity index (χ1) is 10.7. The van der Waals surface area contributed by atoms with Gasteiger partial charge in [0, 0.05) is 32.9 Å². The van der Waals surface area contributed by atoms with E-state index in [1.807, 2.05) is 24.3 Å². The van der Waals surface area contributed by atoms with Crippen LogP contribution in [0.5, 0.6) is 0 Å². The van der Waals surface area contributed by atoms with Gasteiger partial charge in [0.15, 0.2) is 0 Å². The number of hydrogen-bond acceptors (Lipinski definition) is 1. The number of pyridine rings is 1. The Hall–Kier alpha value is -1.84. The van der Waals surface area contributed by atoms with Gasteiger partial charge in [-0.25, -0.2) is 4.98 Å². The van der Waals surface area contributed by atoms with Crippen LogP contribution in [0.4, 0.5) is 0 Å². The van der Waals surface area contributed by atoms with Gasteiger partial charge in [0.2, 0.25) is 0 Å². The molecule has 4 heteroatoms. The monoisotopic (exact) mass is 370 g/mol. The third-order valence-electron chi connectivity index (χ3n) is 3.78. The molecule has 0 amide bonds. The maximum atomic E-state index is 6.45. The van der Waals surface area contributed by atoms with Crippen molar-refractivity contribution in [2.45, 2.75) is 6.42 Å². The molecule has 2 heterocycles. The van der Waals surface area contributed by atoms with Crippen LogP contribution in [-0.4, -0.2) is 9.97 Å². The fourth-order valence-electron chi connectivity index (χ4n) is 2.80. The third-order valence-corrected chi connectivity index (χ3v) is 4.54. The van der Waals surface area contributed by atoms with Crippen molar-refractivity contribution >= 4 is 49.3 Å². The molecule has 0 aliphatic carbocycles. The zero-order valence-electron chi connectivity index (χ0n) is 11.6. The summed E-state index contributed by atoms with van der Waals surface area (Å²) in [5.41, 5.74) is 4.28. The van der Waals surface area contributed by atoms with Crippen LogP contribution in [0.2, 0.25) is 5.15 Å². The zero-order valence-corrected chi connectivity index (χ0v) is 13.9. The fraction of sp³-hybridized carbons (Fsp3) is 0.0556. The van der Waals surface area contributed by atoms with E-state index in [9.17, 15) is 0 Å². The average Bonchev–Trinajstić information content (AvgIpc) is 2.85. The summed E-state index contributed by atoms with van der Waals surface area (Å²) in [5, 5.41) is 2.64. The molecule has 0 unspecified atom stereocenters. The van der Waals surface area contributed by atoms with E-state index in [-0.39, 0.29) is 0 Å². The lowest BCUT2D eigenvalue weighted by Crippen LogP contribution is -1.92. The molecule has 0 aliphatic rings. The first-order valence-corrected chi connectivity index (χ1v) is 8.18. The lowest BCUT2D eigenvalue weighted by Gasteiger charge is -2.03. The van der Waals surface area contributed by atoms with Gasteiger partial charge in [-0.2, -0.15) is 0 Å². The molecule has 2 aromatic carbocycles. The van der Waals surface area contributed by atoms with Crippen molar-refractivity contribution < 1.29 is 0 Å². The van der Waals surface area contributed by atoms with Crippen LogP contribution in [0, 0.1) is 0 Å². The van der Waals surface area contributed by atoms with Gasteiger partial charge >= 0.3 is 0 Å². The molecule has 2 aromatic heterocycles.